The summed E-state index contributed by atoms with van der Waals surface area (Å²) in [5, 5.41) is 7.51. The minimum absolute atomic E-state index is 0.00220. The Hall–Kier alpha value is -3.52. The van der Waals surface area contributed by atoms with Crippen molar-refractivity contribution >= 4 is 11.8 Å². The zero-order valence-corrected chi connectivity index (χ0v) is 20.9. The molecule has 188 valence electrons. The first-order valence-corrected chi connectivity index (χ1v) is 12.8. The van der Waals surface area contributed by atoms with Gasteiger partial charge < -0.3 is 15.0 Å². The summed E-state index contributed by atoms with van der Waals surface area (Å²) in [5.74, 6) is 0.0156. The number of aromatic nitrogens is 3. The number of hydrogen-bond donors (Lipinski definition) is 1. The van der Waals surface area contributed by atoms with Gasteiger partial charge in [-0.15, -0.1) is 0 Å². The molecule has 1 aromatic carbocycles. The molecule has 1 saturated heterocycles. The molecular formula is C28H33N5O3. The zero-order chi connectivity index (χ0) is 25.1. The molecule has 0 bridgehead atoms. The molecule has 0 saturated carbocycles. The number of ether oxygens (including phenoxy) is 1. The van der Waals surface area contributed by atoms with E-state index >= 15 is 0 Å². The fourth-order valence-electron chi connectivity index (χ4n) is 5.70. The van der Waals surface area contributed by atoms with E-state index in [1.165, 1.54) is 5.56 Å². The average Bonchev–Trinajstić information content (AvgIpc) is 3.50. The van der Waals surface area contributed by atoms with Crippen molar-refractivity contribution < 1.29 is 14.3 Å². The van der Waals surface area contributed by atoms with Crippen LogP contribution in [-0.2, 0) is 28.1 Å². The van der Waals surface area contributed by atoms with E-state index in [-0.39, 0.29) is 29.4 Å². The molecule has 1 aliphatic carbocycles. The van der Waals surface area contributed by atoms with Gasteiger partial charge in [0.15, 0.2) is 0 Å². The van der Waals surface area contributed by atoms with Gasteiger partial charge in [-0.1, -0.05) is 37.3 Å². The molecular weight excluding hydrogens is 454 g/mol. The third-order valence-electron chi connectivity index (χ3n) is 7.62. The largest absolute Gasteiger partial charge is 0.370 e. The maximum Gasteiger partial charge on any atom is 0.257 e. The Morgan fingerprint density at radius 1 is 1.11 bits per heavy atom. The van der Waals surface area contributed by atoms with Gasteiger partial charge in [-0.2, -0.15) is 5.10 Å². The predicted octanol–water partition coefficient (Wildman–Crippen LogP) is 3.64. The molecule has 1 aliphatic heterocycles. The lowest BCUT2D eigenvalue weighted by Gasteiger charge is -2.44. The number of nitrogens with one attached hydrogen (secondary N) is 1. The third-order valence-corrected chi connectivity index (χ3v) is 7.62. The van der Waals surface area contributed by atoms with E-state index in [4.69, 9.17) is 4.74 Å². The smallest absolute Gasteiger partial charge is 0.257 e. The molecule has 1 N–H and O–H groups in total. The van der Waals surface area contributed by atoms with Crippen molar-refractivity contribution in [1.29, 1.82) is 0 Å². The molecule has 1 spiro atoms. The lowest BCUT2D eigenvalue weighted by molar-refractivity contribution is -0.123. The second kappa shape index (κ2) is 10.2. The Morgan fingerprint density at radius 2 is 1.92 bits per heavy atom. The summed E-state index contributed by atoms with van der Waals surface area (Å²) < 4.78 is 8.42. The molecule has 2 aromatic heterocycles. The van der Waals surface area contributed by atoms with Crippen LogP contribution in [0.4, 0.5) is 0 Å². The number of piperidine rings is 1. The average molecular weight is 488 g/mol. The highest BCUT2D eigenvalue weighted by Gasteiger charge is 2.54. The second-order valence-corrected chi connectivity index (χ2v) is 9.61. The van der Waals surface area contributed by atoms with Crippen LogP contribution in [0, 0.1) is 0 Å². The normalized spacial score (nSPS) is 20.3. The van der Waals surface area contributed by atoms with Crippen molar-refractivity contribution in [2.45, 2.75) is 63.8 Å². The lowest BCUT2D eigenvalue weighted by atomic mass is 9.71. The summed E-state index contributed by atoms with van der Waals surface area (Å²) >= 11 is 0. The molecule has 2 atom stereocenters. The summed E-state index contributed by atoms with van der Waals surface area (Å²) in [6.07, 6.45) is 8.70. The van der Waals surface area contributed by atoms with Crippen LogP contribution in [0.25, 0.3) is 0 Å². The molecule has 36 heavy (non-hydrogen) atoms. The molecule has 2 amide bonds. The van der Waals surface area contributed by atoms with E-state index in [0.29, 0.717) is 31.7 Å². The van der Waals surface area contributed by atoms with Crippen molar-refractivity contribution in [3.05, 3.63) is 83.4 Å². The fraction of sp³-hybridized carbons (Fsp3) is 0.429. The number of rotatable bonds is 7. The van der Waals surface area contributed by atoms with Crippen LogP contribution in [0.3, 0.4) is 0 Å². The summed E-state index contributed by atoms with van der Waals surface area (Å²) in [7, 11) is 0. The standard InChI is InChI=1S/C28H33N5O3/c1-3-24(34)31-25-22-9-5-6-10-23(22)28(26(25)36-19-20-8-7-13-29-16-20)11-14-32(15-12-28)27(35)21-17-30-33(4-2)18-21/h5-10,13,16-18,25-26H,3-4,11-12,14-15,19H2,1-2H3,(H,31,34)/t25-,26+/m1/s1. The predicted molar refractivity (Wildman–Crippen MR) is 135 cm³/mol. The highest BCUT2D eigenvalue weighted by atomic mass is 16.5. The maximum atomic E-state index is 13.2. The molecule has 3 aromatic rings. The summed E-state index contributed by atoms with van der Waals surface area (Å²) in [4.78, 5) is 31.9. The van der Waals surface area contributed by atoms with E-state index in [2.05, 4.69) is 33.6 Å². The first kappa shape index (κ1) is 24.2. The van der Waals surface area contributed by atoms with E-state index in [1.54, 1.807) is 17.1 Å². The van der Waals surface area contributed by atoms with Crippen LogP contribution < -0.4 is 5.32 Å². The van der Waals surface area contributed by atoms with Crippen LogP contribution in [-0.4, -0.2) is 50.7 Å². The fourth-order valence-corrected chi connectivity index (χ4v) is 5.70. The van der Waals surface area contributed by atoms with Crippen molar-refractivity contribution in [3.63, 3.8) is 0 Å². The van der Waals surface area contributed by atoms with E-state index < -0.39 is 0 Å². The molecule has 0 radical (unpaired) electrons. The number of aryl methyl sites for hydroxylation is 1. The van der Waals surface area contributed by atoms with Gasteiger partial charge in [-0.05, 0) is 42.5 Å². The van der Waals surface area contributed by atoms with Gasteiger partial charge >= 0.3 is 0 Å². The van der Waals surface area contributed by atoms with Gasteiger partial charge in [0.25, 0.3) is 5.91 Å². The zero-order valence-electron chi connectivity index (χ0n) is 20.9. The Kier molecular flexibility index (Phi) is 6.87. The number of carbonyl (C=O) groups is 2. The topological polar surface area (TPSA) is 89.4 Å². The first-order valence-electron chi connectivity index (χ1n) is 12.8. The summed E-state index contributed by atoms with van der Waals surface area (Å²) in [6.45, 7) is 6.24. The monoisotopic (exact) mass is 487 g/mol. The Labute approximate surface area is 211 Å². The van der Waals surface area contributed by atoms with Gasteiger partial charge in [-0.3, -0.25) is 19.3 Å². The quantitative estimate of drug-likeness (QED) is 0.550. The van der Waals surface area contributed by atoms with Gasteiger partial charge in [0.2, 0.25) is 5.91 Å². The van der Waals surface area contributed by atoms with Gasteiger partial charge in [0.05, 0.1) is 30.5 Å². The molecule has 8 heteroatoms. The summed E-state index contributed by atoms with van der Waals surface area (Å²) in [5.41, 5.74) is 3.64. The van der Waals surface area contributed by atoms with Crippen molar-refractivity contribution in [1.82, 2.24) is 25.0 Å². The van der Waals surface area contributed by atoms with Crippen molar-refractivity contribution in [2.24, 2.45) is 0 Å². The number of pyridine rings is 1. The van der Waals surface area contributed by atoms with E-state index in [9.17, 15) is 9.59 Å². The number of carbonyl (C=O) groups excluding carboxylic acids is 2. The van der Waals surface area contributed by atoms with Crippen LogP contribution >= 0.6 is 0 Å². The van der Waals surface area contributed by atoms with Gasteiger partial charge in [0.1, 0.15) is 0 Å². The SMILES string of the molecule is CCC(=O)N[C@@H]1c2ccccc2C2(CCN(C(=O)c3cnn(CC)c3)CC2)[C@H]1OCc1cccnc1. The number of nitrogens with zero attached hydrogens (tertiary/aromatic N) is 4. The van der Waals surface area contributed by atoms with Crippen LogP contribution in [0.5, 0.6) is 0 Å². The Bertz CT molecular complexity index is 1220. The minimum atomic E-state index is -0.297. The molecule has 5 rings (SSSR count). The molecule has 1 fully saturated rings. The van der Waals surface area contributed by atoms with Crippen LogP contribution in [0.15, 0.2) is 61.2 Å². The first-order chi connectivity index (χ1) is 17.6. The number of benzene rings is 1. The third kappa shape index (κ3) is 4.41. The second-order valence-electron chi connectivity index (χ2n) is 9.61. The van der Waals surface area contributed by atoms with Crippen molar-refractivity contribution in [3.8, 4) is 0 Å². The Morgan fingerprint density at radius 3 is 2.61 bits per heavy atom. The number of amides is 2. The van der Waals surface area contributed by atoms with Crippen LogP contribution in [0.1, 0.15) is 66.2 Å². The Balaban J connectivity index is 1.43. The summed E-state index contributed by atoms with van der Waals surface area (Å²) in [6, 6.07) is 12.0. The molecule has 0 unspecified atom stereocenters. The van der Waals surface area contributed by atoms with Gasteiger partial charge in [-0.25, -0.2) is 0 Å². The maximum absolute atomic E-state index is 13.2. The number of fused-ring (bicyclic) bond motifs is 2. The molecule has 3 heterocycles. The minimum Gasteiger partial charge on any atom is -0.370 e. The highest BCUT2D eigenvalue weighted by molar-refractivity contribution is 5.93. The number of likely N-dealkylation sites (tertiary alicyclic amines) is 1. The van der Waals surface area contributed by atoms with Gasteiger partial charge in [0, 0.05) is 50.1 Å². The highest BCUT2D eigenvalue weighted by Crippen LogP contribution is 2.52. The lowest BCUT2D eigenvalue weighted by Crippen LogP contribution is -2.52. The van der Waals surface area contributed by atoms with Crippen LogP contribution in [0.2, 0.25) is 0 Å². The van der Waals surface area contributed by atoms with E-state index in [0.717, 1.165) is 30.5 Å². The van der Waals surface area contributed by atoms with Crippen molar-refractivity contribution in [2.75, 3.05) is 13.1 Å². The number of hydrogen-bond acceptors (Lipinski definition) is 5. The molecule has 2 aliphatic rings. The van der Waals surface area contributed by atoms with E-state index in [1.807, 2.05) is 49.3 Å². The molecule has 8 nitrogen and oxygen atoms in total.